The second kappa shape index (κ2) is 10.6. The smallest absolute Gasteiger partial charge is 0.252 e. The molecule has 1 atom stereocenters. The molecular formula is C30H30ClN7O. The van der Waals surface area contributed by atoms with Crippen LogP contribution in [0.15, 0.2) is 67.1 Å². The van der Waals surface area contributed by atoms with Gasteiger partial charge in [-0.15, -0.1) is 0 Å². The van der Waals surface area contributed by atoms with Crippen LogP contribution in [0.3, 0.4) is 0 Å². The first-order valence-electron chi connectivity index (χ1n) is 13.1. The molecule has 4 heterocycles. The highest BCUT2D eigenvalue weighted by atomic mass is 35.5. The van der Waals surface area contributed by atoms with Crippen molar-refractivity contribution in [1.82, 2.24) is 20.3 Å². The number of carbonyl (C=O) groups excluding carboxylic acids is 1. The van der Waals surface area contributed by atoms with Crippen LogP contribution in [0.2, 0.25) is 5.02 Å². The number of nitrogens with two attached hydrogens (primary N) is 1. The zero-order valence-corrected chi connectivity index (χ0v) is 22.4. The molecule has 5 aromatic rings. The SMILES string of the molecule is CNC(=O)c1cnc2[nH]cc(-c3ccc4ncc(NCc5cccc(Cl)c5)c(N5CCC[C@H](N)C5)c4c3)c2c1. The number of aromatic nitrogens is 3. The molecule has 0 radical (unpaired) electrons. The van der Waals surface area contributed by atoms with Crippen molar-refractivity contribution in [3.05, 3.63) is 83.3 Å². The molecule has 9 heteroatoms. The van der Waals surface area contributed by atoms with Gasteiger partial charge < -0.3 is 26.3 Å². The van der Waals surface area contributed by atoms with E-state index in [4.69, 9.17) is 22.3 Å². The van der Waals surface area contributed by atoms with Crippen molar-refractivity contribution in [2.45, 2.75) is 25.4 Å². The summed E-state index contributed by atoms with van der Waals surface area (Å²) in [6.45, 7) is 2.33. The van der Waals surface area contributed by atoms with Gasteiger partial charge in [-0.25, -0.2) is 4.98 Å². The summed E-state index contributed by atoms with van der Waals surface area (Å²) in [6, 6.07) is 16.1. The average Bonchev–Trinajstić information content (AvgIpc) is 3.38. The Morgan fingerprint density at radius 2 is 2.05 bits per heavy atom. The summed E-state index contributed by atoms with van der Waals surface area (Å²) >= 11 is 6.23. The van der Waals surface area contributed by atoms with E-state index in [-0.39, 0.29) is 11.9 Å². The van der Waals surface area contributed by atoms with E-state index < -0.39 is 0 Å². The van der Waals surface area contributed by atoms with Crippen LogP contribution in [0.1, 0.15) is 28.8 Å². The minimum atomic E-state index is -0.168. The normalized spacial score (nSPS) is 15.6. The Labute approximate surface area is 231 Å². The third-order valence-corrected chi connectivity index (χ3v) is 7.55. The lowest BCUT2D eigenvalue weighted by Crippen LogP contribution is -2.43. The number of halogens is 1. The molecule has 1 aliphatic heterocycles. The van der Waals surface area contributed by atoms with E-state index in [9.17, 15) is 4.79 Å². The van der Waals surface area contributed by atoms with Gasteiger partial charge in [0.2, 0.25) is 0 Å². The molecule has 6 rings (SSSR count). The highest BCUT2D eigenvalue weighted by Gasteiger charge is 2.23. The fraction of sp³-hybridized carbons (Fsp3) is 0.233. The van der Waals surface area contributed by atoms with Crippen LogP contribution in [0, 0.1) is 0 Å². The summed E-state index contributed by atoms with van der Waals surface area (Å²) in [5, 5.41) is 8.93. The molecule has 1 aliphatic rings. The Hall–Kier alpha value is -4.14. The standard InChI is InChI=1S/C30H30ClN7O/c1-33-30(39)20-12-23-25(15-37-29(23)36-14-20)19-7-8-26-24(11-19)28(38-9-3-6-22(32)17-38)27(16-35-26)34-13-18-4-2-5-21(31)10-18/h2,4-5,7-8,10-12,14-16,22,34H,3,6,9,13,17,32H2,1H3,(H,33,39)(H,36,37)/t22-/m0/s1. The Kier molecular flexibility index (Phi) is 6.81. The average molecular weight is 540 g/mol. The quantitative estimate of drug-likeness (QED) is 0.232. The maximum atomic E-state index is 12.3. The number of hydrogen-bond acceptors (Lipinski definition) is 6. The van der Waals surface area contributed by atoms with E-state index in [1.54, 1.807) is 13.2 Å². The lowest BCUT2D eigenvalue weighted by atomic mass is 9.99. The zero-order chi connectivity index (χ0) is 26.9. The number of fused-ring (bicyclic) bond motifs is 2. The molecule has 1 saturated heterocycles. The van der Waals surface area contributed by atoms with Crippen molar-refractivity contribution in [3.8, 4) is 11.1 Å². The third-order valence-electron chi connectivity index (χ3n) is 7.32. The van der Waals surface area contributed by atoms with Gasteiger partial charge in [-0.1, -0.05) is 29.8 Å². The molecule has 0 saturated carbocycles. The highest BCUT2D eigenvalue weighted by Crippen LogP contribution is 2.38. The minimum absolute atomic E-state index is 0.119. The van der Waals surface area contributed by atoms with E-state index in [0.717, 1.165) is 75.9 Å². The van der Waals surface area contributed by atoms with Gasteiger partial charge in [-0.3, -0.25) is 9.78 Å². The van der Waals surface area contributed by atoms with Crippen LogP contribution in [0.25, 0.3) is 33.1 Å². The van der Waals surface area contributed by atoms with Crippen molar-refractivity contribution in [2.75, 3.05) is 30.4 Å². The van der Waals surface area contributed by atoms with Gasteiger partial charge in [0.25, 0.3) is 5.91 Å². The van der Waals surface area contributed by atoms with Gasteiger partial charge in [0.05, 0.1) is 28.7 Å². The van der Waals surface area contributed by atoms with E-state index in [2.05, 4.69) is 43.7 Å². The number of nitrogens with zero attached hydrogens (tertiary/aromatic N) is 3. The van der Waals surface area contributed by atoms with Crippen LogP contribution >= 0.6 is 11.6 Å². The van der Waals surface area contributed by atoms with Crippen molar-refractivity contribution in [2.24, 2.45) is 5.73 Å². The molecule has 0 aliphatic carbocycles. The number of benzene rings is 2. The summed E-state index contributed by atoms with van der Waals surface area (Å²) in [5.41, 5.74) is 13.7. The Bertz CT molecular complexity index is 1680. The Morgan fingerprint density at radius 3 is 2.87 bits per heavy atom. The topological polar surface area (TPSA) is 112 Å². The lowest BCUT2D eigenvalue weighted by Gasteiger charge is -2.34. The van der Waals surface area contributed by atoms with Gasteiger partial charge in [0.15, 0.2) is 0 Å². The Balaban J connectivity index is 1.46. The van der Waals surface area contributed by atoms with Crippen LogP contribution in [-0.4, -0.2) is 47.0 Å². The number of H-pyrrole nitrogens is 1. The molecule has 8 nitrogen and oxygen atoms in total. The first-order valence-corrected chi connectivity index (χ1v) is 13.5. The maximum Gasteiger partial charge on any atom is 0.252 e. The van der Waals surface area contributed by atoms with E-state index in [1.165, 1.54) is 0 Å². The first kappa shape index (κ1) is 25.2. The fourth-order valence-electron chi connectivity index (χ4n) is 5.38. The lowest BCUT2D eigenvalue weighted by molar-refractivity contribution is 0.0963. The minimum Gasteiger partial charge on any atom is -0.378 e. The summed E-state index contributed by atoms with van der Waals surface area (Å²) < 4.78 is 0. The second-order valence-corrected chi connectivity index (χ2v) is 10.4. The van der Waals surface area contributed by atoms with Crippen molar-refractivity contribution in [3.63, 3.8) is 0 Å². The number of piperidine rings is 1. The largest absolute Gasteiger partial charge is 0.378 e. The molecule has 3 aromatic heterocycles. The van der Waals surface area contributed by atoms with Crippen LogP contribution in [0.5, 0.6) is 0 Å². The number of anilines is 2. The monoisotopic (exact) mass is 539 g/mol. The summed E-state index contributed by atoms with van der Waals surface area (Å²) in [6.07, 6.45) is 7.49. The Morgan fingerprint density at radius 1 is 1.15 bits per heavy atom. The van der Waals surface area contributed by atoms with E-state index in [1.807, 2.05) is 42.7 Å². The fourth-order valence-corrected chi connectivity index (χ4v) is 5.60. The molecule has 198 valence electrons. The molecule has 1 amide bonds. The molecule has 0 bridgehead atoms. The number of hydrogen-bond donors (Lipinski definition) is 4. The van der Waals surface area contributed by atoms with Crippen LogP contribution < -0.4 is 21.3 Å². The molecular weight excluding hydrogens is 510 g/mol. The van der Waals surface area contributed by atoms with Crippen molar-refractivity contribution < 1.29 is 4.79 Å². The van der Waals surface area contributed by atoms with Gasteiger partial charge >= 0.3 is 0 Å². The zero-order valence-electron chi connectivity index (χ0n) is 21.7. The molecule has 39 heavy (non-hydrogen) atoms. The predicted octanol–water partition coefficient (Wildman–Crippen LogP) is 5.33. The van der Waals surface area contributed by atoms with Crippen molar-refractivity contribution >= 4 is 50.8 Å². The first-order chi connectivity index (χ1) is 19.0. The van der Waals surface area contributed by atoms with Gasteiger partial charge in [0.1, 0.15) is 5.65 Å². The second-order valence-electron chi connectivity index (χ2n) is 9.99. The van der Waals surface area contributed by atoms with Crippen LogP contribution in [0.4, 0.5) is 11.4 Å². The van der Waals surface area contributed by atoms with Crippen molar-refractivity contribution in [1.29, 1.82) is 0 Å². The van der Waals surface area contributed by atoms with Gasteiger partial charge in [-0.05, 0) is 54.3 Å². The number of pyridine rings is 2. The summed E-state index contributed by atoms with van der Waals surface area (Å²) in [7, 11) is 1.62. The summed E-state index contributed by atoms with van der Waals surface area (Å²) in [4.78, 5) is 27.2. The number of nitrogens with one attached hydrogen (secondary N) is 3. The van der Waals surface area contributed by atoms with E-state index in [0.29, 0.717) is 17.1 Å². The predicted molar refractivity (Wildman–Crippen MR) is 158 cm³/mol. The number of carbonyl (C=O) groups is 1. The molecule has 5 N–H and O–H groups in total. The molecule has 1 fully saturated rings. The van der Waals surface area contributed by atoms with Gasteiger partial charge in [0, 0.05) is 66.5 Å². The summed E-state index contributed by atoms with van der Waals surface area (Å²) in [5.74, 6) is -0.168. The van der Waals surface area contributed by atoms with Crippen LogP contribution in [-0.2, 0) is 6.54 Å². The highest BCUT2D eigenvalue weighted by molar-refractivity contribution is 6.30. The number of amides is 1. The number of rotatable bonds is 6. The van der Waals surface area contributed by atoms with E-state index >= 15 is 0 Å². The van der Waals surface area contributed by atoms with Gasteiger partial charge in [-0.2, -0.15) is 0 Å². The maximum absolute atomic E-state index is 12.3. The molecule has 0 spiro atoms. The number of aromatic amines is 1. The molecule has 0 unspecified atom stereocenters. The molecule has 2 aromatic carbocycles. The third kappa shape index (κ3) is 5.01.